The first kappa shape index (κ1) is 105. The van der Waals surface area contributed by atoms with Gasteiger partial charge in [-0.25, -0.2) is 19.2 Å². The summed E-state index contributed by atoms with van der Waals surface area (Å²) in [6, 6.07) is 0. The van der Waals surface area contributed by atoms with Crippen LogP contribution in [0.3, 0.4) is 0 Å². The molecule has 0 aromatic rings. The topological polar surface area (TPSA) is 257 Å². The number of carbonyl (C=O) groups excluding carboxylic acids is 8. The van der Waals surface area contributed by atoms with E-state index >= 15 is 0 Å². The molecule has 0 aromatic carbocycles. The number of carbonyl (C=O) groups is 8. The molecule has 0 aliphatic rings. The van der Waals surface area contributed by atoms with Crippen LogP contribution in [0.1, 0.15) is 351 Å². The van der Waals surface area contributed by atoms with Gasteiger partial charge in [0.25, 0.3) is 0 Å². The first-order chi connectivity index (χ1) is 53.5. The number of unbranched alkanes of at least 4 members (excludes halogenated alkanes) is 20. The van der Waals surface area contributed by atoms with Gasteiger partial charge in [0.1, 0.15) is 0 Å². The highest BCUT2D eigenvalue weighted by Crippen LogP contribution is 2.23. The van der Waals surface area contributed by atoms with Crippen LogP contribution in [0, 0.1) is 23.7 Å². The molecule has 0 fully saturated rings. The summed E-state index contributed by atoms with van der Waals surface area (Å²) in [5.74, 6) is -0.132. The van der Waals surface area contributed by atoms with Crippen LogP contribution in [0.2, 0.25) is 0 Å². The molecule has 23 heteroatoms. The lowest BCUT2D eigenvalue weighted by molar-refractivity contribution is -0.146. The van der Waals surface area contributed by atoms with Crippen molar-refractivity contribution in [1.29, 1.82) is 0 Å². The number of ether oxygens (including phenoxy) is 12. The molecule has 110 heavy (non-hydrogen) atoms. The SMILES string of the molecule is CCCCCCC(CCCC)COC(=O)OCCCCOC(=O)CCN(CCCN(C)CCCN(CCC(=O)OCCCCOC(=O)OCC(CCCC)CCCCCC)CCC(=O)OCCCCOC(=O)OCC(CCCC)CCCCCC)CCC(=O)OCCCCOC(=O)OCC(CCCC)CCCCCC. The average molecular weight is 1570 g/mol. The first-order valence-corrected chi connectivity index (χ1v) is 44.5. The molecule has 0 saturated carbocycles. The lowest BCUT2D eigenvalue weighted by Crippen LogP contribution is -2.34. The van der Waals surface area contributed by atoms with Crippen LogP contribution < -0.4 is 0 Å². The molecule has 0 bridgehead atoms. The molecule has 0 aliphatic heterocycles. The van der Waals surface area contributed by atoms with Gasteiger partial charge in [0, 0.05) is 26.2 Å². The van der Waals surface area contributed by atoms with Crippen molar-refractivity contribution in [3.8, 4) is 0 Å². The van der Waals surface area contributed by atoms with Crippen molar-refractivity contribution in [2.24, 2.45) is 23.7 Å². The average Bonchev–Trinajstić information content (AvgIpc) is 1.04. The Morgan fingerprint density at radius 3 is 0.618 bits per heavy atom. The highest BCUT2D eigenvalue weighted by molar-refractivity contribution is 5.71. The van der Waals surface area contributed by atoms with Gasteiger partial charge in [-0.2, -0.15) is 0 Å². The van der Waals surface area contributed by atoms with Crippen LogP contribution in [0.15, 0.2) is 0 Å². The molecule has 0 N–H and O–H groups in total. The molecule has 0 saturated heterocycles. The normalized spacial score (nSPS) is 12.5. The highest BCUT2D eigenvalue weighted by atomic mass is 16.7. The Hall–Kier alpha value is -5.16. The molecule has 0 rings (SSSR count). The molecule has 0 heterocycles. The fraction of sp³-hybridized carbons (Fsp3) is 0.908. The molecule has 0 spiro atoms. The van der Waals surface area contributed by atoms with Crippen LogP contribution in [0.5, 0.6) is 0 Å². The largest absolute Gasteiger partial charge is 0.508 e. The molecule has 0 aromatic heterocycles. The van der Waals surface area contributed by atoms with Crippen LogP contribution in [0.25, 0.3) is 0 Å². The van der Waals surface area contributed by atoms with Crippen LogP contribution in [-0.4, -0.2) is 202 Å². The van der Waals surface area contributed by atoms with E-state index < -0.39 is 24.6 Å². The zero-order valence-electron chi connectivity index (χ0n) is 71.5. The molecular formula is C87H163N3O20. The second-order valence-electron chi connectivity index (χ2n) is 30.5. The minimum Gasteiger partial charge on any atom is -0.466 e. The van der Waals surface area contributed by atoms with Crippen molar-refractivity contribution in [3.05, 3.63) is 0 Å². The maximum Gasteiger partial charge on any atom is 0.508 e. The second-order valence-corrected chi connectivity index (χ2v) is 30.5. The van der Waals surface area contributed by atoms with E-state index in [0.29, 0.717) is 154 Å². The number of esters is 4. The van der Waals surface area contributed by atoms with Crippen molar-refractivity contribution in [3.63, 3.8) is 0 Å². The first-order valence-electron chi connectivity index (χ1n) is 44.5. The summed E-state index contributed by atoms with van der Waals surface area (Å²) < 4.78 is 65.7. The van der Waals surface area contributed by atoms with E-state index in [0.717, 1.165) is 141 Å². The van der Waals surface area contributed by atoms with E-state index in [9.17, 15) is 38.4 Å². The van der Waals surface area contributed by atoms with Crippen molar-refractivity contribution in [2.75, 3.05) is 139 Å². The van der Waals surface area contributed by atoms with E-state index in [-0.39, 0.29) is 102 Å². The Kier molecular flexibility index (Phi) is 75.4. The number of rotatable bonds is 80. The third-order valence-corrected chi connectivity index (χ3v) is 20.1. The Morgan fingerprint density at radius 1 is 0.209 bits per heavy atom. The zero-order chi connectivity index (χ0) is 80.8. The lowest BCUT2D eigenvalue weighted by Gasteiger charge is -2.25. The van der Waals surface area contributed by atoms with Crippen molar-refractivity contribution >= 4 is 48.5 Å². The predicted octanol–water partition coefficient (Wildman–Crippen LogP) is 20.9. The van der Waals surface area contributed by atoms with Crippen LogP contribution >= 0.6 is 0 Å². The maximum absolute atomic E-state index is 13.1. The van der Waals surface area contributed by atoms with Gasteiger partial charge in [-0.1, -0.05) is 209 Å². The molecule has 4 atom stereocenters. The fourth-order valence-corrected chi connectivity index (χ4v) is 12.9. The van der Waals surface area contributed by atoms with Gasteiger partial charge in [0.15, 0.2) is 0 Å². The highest BCUT2D eigenvalue weighted by Gasteiger charge is 2.20. The minimum atomic E-state index is -0.666. The molecule has 0 amide bonds. The number of hydrogen-bond acceptors (Lipinski definition) is 23. The molecule has 646 valence electrons. The number of hydrogen-bond donors (Lipinski definition) is 0. The van der Waals surface area contributed by atoms with Crippen molar-refractivity contribution in [2.45, 2.75) is 351 Å². The summed E-state index contributed by atoms with van der Waals surface area (Å²) in [6.07, 6.45) is 39.3. The van der Waals surface area contributed by atoms with E-state index in [1.807, 2.05) is 7.05 Å². The van der Waals surface area contributed by atoms with Gasteiger partial charge in [-0.05, 0) is 172 Å². The quantitative estimate of drug-likeness (QED) is 0.0311. The molecule has 0 aliphatic carbocycles. The third kappa shape index (κ3) is 70.7. The van der Waals surface area contributed by atoms with Crippen molar-refractivity contribution in [1.82, 2.24) is 14.7 Å². The zero-order valence-corrected chi connectivity index (χ0v) is 71.5. The Balaban J connectivity index is 5.67. The van der Waals surface area contributed by atoms with E-state index in [1.165, 1.54) is 77.0 Å². The maximum atomic E-state index is 13.1. The van der Waals surface area contributed by atoms with E-state index in [2.05, 4.69) is 70.1 Å². The summed E-state index contributed by atoms with van der Waals surface area (Å²) >= 11 is 0. The summed E-state index contributed by atoms with van der Waals surface area (Å²) in [5.41, 5.74) is 0. The molecule has 23 nitrogen and oxygen atoms in total. The standard InChI is InChI=1S/C87H163N3O20/c1-10-18-26-30-48-76(44-22-14-5)72-107-84(95)103-68-38-34-64-99-80(91)52-60-89(61-53-81(92)100-65-35-39-69-104-85(96)108-73-77(45-23-15-6)49-31-27-19-11-2)58-42-56-88(9)57-43-59-90(62-54-82(93)101-66-36-40-70-105-86(97)109-74-78(46-24-16-7)50-32-28-20-12-3)63-55-83(94)102-67-37-41-71-106-87(98)110-75-79(47-25-17-8)51-33-29-21-13-4/h76-79H,10-75H2,1-9H3. The van der Waals surface area contributed by atoms with Crippen molar-refractivity contribution < 1.29 is 95.2 Å². The molecule has 4 unspecified atom stereocenters. The van der Waals surface area contributed by atoms with Gasteiger partial charge in [0.05, 0.1) is 105 Å². The minimum absolute atomic E-state index is 0.112. The third-order valence-electron chi connectivity index (χ3n) is 20.1. The number of nitrogens with zero attached hydrogens (tertiary/aromatic N) is 3. The molecular weight excluding hydrogens is 1410 g/mol. The smallest absolute Gasteiger partial charge is 0.466 e. The van der Waals surface area contributed by atoms with Gasteiger partial charge in [0.2, 0.25) is 0 Å². The summed E-state index contributed by atoms with van der Waals surface area (Å²) in [5, 5.41) is 0. The monoisotopic (exact) mass is 1570 g/mol. The Bertz CT molecular complexity index is 1900. The predicted molar refractivity (Wildman–Crippen MR) is 435 cm³/mol. The Morgan fingerprint density at radius 2 is 0.409 bits per heavy atom. The van der Waals surface area contributed by atoms with Gasteiger partial charge < -0.3 is 71.5 Å². The van der Waals surface area contributed by atoms with Crippen LogP contribution in [-0.2, 0) is 76.0 Å². The van der Waals surface area contributed by atoms with E-state index in [4.69, 9.17) is 56.8 Å². The molecule has 0 radical (unpaired) electrons. The fourth-order valence-electron chi connectivity index (χ4n) is 12.9. The Labute approximate surface area is 668 Å². The lowest BCUT2D eigenvalue weighted by atomic mass is 9.96. The summed E-state index contributed by atoms with van der Waals surface area (Å²) in [7, 11) is 2.03. The van der Waals surface area contributed by atoms with Crippen LogP contribution in [0.4, 0.5) is 19.2 Å². The summed E-state index contributed by atoms with van der Waals surface area (Å²) in [4.78, 5) is 108. The van der Waals surface area contributed by atoms with E-state index in [1.54, 1.807) is 0 Å². The second kappa shape index (κ2) is 79.1. The van der Waals surface area contributed by atoms with Gasteiger partial charge in [-0.15, -0.1) is 0 Å². The van der Waals surface area contributed by atoms with Gasteiger partial charge in [-0.3, -0.25) is 19.2 Å². The van der Waals surface area contributed by atoms with Gasteiger partial charge >= 0.3 is 48.5 Å². The summed E-state index contributed by atoms with van der Waals surface area (Å²) in [6.45, 7) is 24.3.